The van der Waals surface area contributed by atoms with Crippen molar-refractivity contribution in [2.45, 2.75) is 57.9 Å². The molecule has 0 aliphatic heterocycles. The van der Waals surface area contributed by atoms with E-state index in [2.05, 4.69) is 5.32 Å². The lowest BCUT2D eigenvalue weighted by Crippen LogP contribution is -2.50. The number of aliphatic carboxylic acids is 1. The first-order valence-corrected chi connectivity index (χ1v) is 6.53. The summed E-state index contributed by atoms with van der Waals surface area (Å²) in [5.74, 6) is -1.16. The van der Waals surface area contributed by atoms with Gasteiger partial charge in [-0.1, -0.05) is 19.8 Å². The average Bonchev–Trinajstić information content (AvgIpc) is 2.78. The summed E-state index contributed by atoms with van der Waals surface area (Å²) in [6.45, 7) is 3.49. The fourth-order valence-electron chi connectivity index (χ4n) is 2.45. The molecule has 0 aromatic heterocycles. The van der Waals surface area contributed by atoms with Crippen LogP contribution in [0.1, 0.15) is 52.4 Å². The zero-order chi connectivity index (χ0) is 13.8. The molecule has 5 heteroatoms. The van der Waals surface area contributed by atoms with E-state index in [0.29, 0.717) is 19.3 Å². The molecule has 3 N–H and O–H groups in total. The highest BCUT2D eigenvalue weighted by Gasteiger charge is 2.43. The molecule has 1 fully saturated rings. The molecule has 0 bridgehead atoms. The summed E-state index contributed by atoms with van der Waals surface area (Å²) >= 11 is 0. The molecule has 0 aromatic rings. The number of aliphatic hydroxyl groups excluding tert-OH is 1. The van der Waals surface area contributed by atoms with E-state index in [9.17, 15) is 19.8 Å². The van der Waals surface area contributed by atoms with Crippen LogP contribution in [0.15, 0.2) is 0 Å². The van der Waals surface area contributed by atoms with Crippen LogP contribution in [0.5, 0.6) is 0 Å². The van der Waals surface area contributed by atoms with E-state index in [0.717, 1.165) is 12.8 Å². The molecule has 1 unspecified atom stereocenters. The number of aliphatic hydroxyl groups is 1. The maximum atomic E-state index is 12.0. The van der Waals surface area contributed by atoms with E-state index in [1.807, 2.05) is 6.92 Å². The molecule has 0 saturated heterocycles. The number of carbonyl (C=O) groups is 2. The van der Waals surface area contributed by atoms with Crippen LogP contribution in [0.25, 0.3) is 0 Å². The first kappa shape index (κ1) is 15.0. The minimum absolute atomic E-state index is 0.0118. The highest BCUT2D eigenvalue weighted by Crippen LogP contribution is 2.41. The Kier molecular flexibility index (Phi) is 4.73. The van der Waals surface area contributed by atoms with Gasteiger partial charge in [0.25, 0.3) is 0 Å². The number of carbonyl (C=O) groups excluding carboxylic acids is 1. The third kappa shape index (κ3) is 3.22. The third-order valence-electron chi connectivity index (χ3n) is 4.08. The lowest BCUT2D eigenvalue weighted by molar-refractivity contribution is -0.151. The van der Waals surface area contributed by atoms with Crippen molar-refractivity contribution in [3.05, 3.63) is 0 Å². The molecule has 104 valence electrons. The Morgan fingerprint density at radius 3 is 2.28 bits per heavy atom. The van der Waals surface area contributed by atoms with Crippen molar-refractivity contribution in [1.82, 2.24) is 5.32 Å². The summed E-state index contributed by atoms with van der Waals surface area (Å²) in [4.78, 5) is 23.3. The highest BCUT2D eigenvalue weighted by molar-refractivity contribution is 5.85. The Morgan fingerprint density at radius 2 is 1.89 bits per heavy atom. The molecule has 18 heavy (non-hydrogen) atoms. The zero-order valence-corrected chi connectivity index (χ0v) is 11.2. The van der Waals surface area contributed by atoms with Gasteiger partial charge in [0, 0.05) is 6.42 Å². The molecule has 1 atom stereocenters. The first-order valence-electron chi connectivity index (χ1n) is 6.53. The maximum absolute atomic E-state index is 12.0. The fraction of sp³-hybridized carbons (Fsp3) is 0.846. The van der Waals surface area contributed by atoms with E-state index in [-0.39, 0.29) is 18.9 Å². The Bertz CT molecular complexity index is 317. The van der Waals surface area contributed by atoms with Gasteiger partial charge in [0.1, 0.15) is 0 Å². The minimum atomic E-state index is -0.895. The topological polar surface area (TPSA) is 86.6 Å². The SMILES string of the molecule is CCC(C)(CO)NC(=O)CC1(C(=O)O)CCCC1. The average molecular weight is 257 g/mol. The lowest BCUT2D eigenvalue weighted by atomic mass is 9.82. The van der Waals surface area contributed by atoms with Crippen molar-refractivity contribution in [1.29, 1.82) is 0 Å². The predicted molar refractivity (Wildman–Crippen MR) is 67.1 cm³/mol. The molecule has 1 saturated carbocycles. The first-order chi connectivity index (χ1) is 8.37. The smallest absolute Gasteiger partial charge is 0.310 e. The Balaban J connectivity index is 2.66. The van der Waals surface area contributed by atoms with Crippen LogP contribution in [0.2, 0.25) is 0 Å². The summed E-state index contributed by atoms with van der Waals surface area (Å²) < 4.78 is 0. The van der Waals surface area contributed by atoms with Gasteiger partial charge < -0.3 is 15.5 Å². The minimum Gasteiger partial charge on any atom is -0.481 e. The van der Waals surface area contributed by atoms with E-state index in [4.69, 9.17) is 0 Å². The van der Waals surface area contributed by atoms with Crippen LogP contribution in [0.4, 0.5) is 0 Å². The van der Waals surface area contributed by atoms with Crippen LogP contribution in [-0.4, -0.2) is 34.2 Å². The van der Waals surface area contributed by atoms with Crippen LogP contribution >= 0.6 is 0 Å². The Hall–Kier alpha value is -1.10. The largest absolute Gasteiger partial charge is 0.481 e. The van der Waals surface area contributed by atoms with Crippen molar-refractivity contribution >= 4 is 11.9 Å². The molecule has 1 aliphatic carbocycles. The van der Waals surface area contributed by atoms with Crippen LogP contribution in [0, 0.1) is 5.41 Å². The second-order valence-electron chi connectivity index (χ2n) is 5.59. The van der Waals surface area contributed by atoms with Gasteiger partial charge in [0.05, 0.1) is 17.6 Å². The predicted octanol–water partition coefficient (Wildman–Crippen LogP) is 1.30. The van der Waals surface area contributed by atoms with Gasteiger partial charge in [-0.05, 0) is 26.2 Å². The molecule has 1 rings (SSSR count). The quantitative estimate of drug-likeness (QED) is 0.669. The number of carboxylic acids is 1. The molecule has 5 nitrogen and oxygen atoms in total. The van der Waals surface area contributed by atoms with Gasteiger partial charge in [-0.25, -0.2) is 0 Å². The zero-order valence-electron chi connectivity index (χ0n) is 11.2. The Labute approximate surface area is 108 Å². The van der Waals surface area contributed by atoms with Crippen LogP contribution in [0.3, 0.4) is 0 Å². The summed E-state index contributed by atoms with van der Waals surface area (Å²) in [5.41, 5.74) is -1.55. The van der Waals surface area contributed by atoms with Gasteiger partial charge >= 0.3 is 5.97 Å². The van der Waals surface area contributed by atoms with Gasteiger partial charge in [0.2, 0.25) is 5.91 Å². The number of amides is 1. The van der Waals surface area contributed by atoms with Crippen molar-refractivity contribution < 1.29 is 19.8 Å². The molecule has 1 amide bonds. The van der Waals surface area contributed by atoms with Crippen molar-refractivity contribution in [2.24, 2.45) is 5.41 Å². The lowest BCUT2D eigenvalue weighted by Gasteiger charge is -2.30. The van der Waals surface area contributed by atoms with E-state index >= 15 is 0 Å². The molecule has 0 radical (unpaired) electrons. The number of rotatable bonds is 6. The summed E-state index contributed by atoms with van der Waals surface area (Å²) in [6, 6.07) is 0. The van der Waals surface area contributed by atoms with Gasteiger partial charge in [-0.2, -0.15) is 0 Å². The highest BCUT2D eigenvalue weighted by atomic mass is 16.4. The number of hydrogen-bond acceptors (Lipinski definition) is 3. The number of nitrogens with one attached hydrogen (secondary N) is 1. The molecular formula is C13H23NO4. The van der Waals surface area contributed by atoms with Crippen molar-refractivity contribution in [3.8, 4) is 0 Å². The van der Waals surface area contributed by atoms with Crippen molar-refractivity contribution in [2.75, 3.05) is 6.61 Å². The summed E-state index contributed by atoms with van der Waals surface area (Å²) in [5, 5.41) is 21.3. The van der Waals surface area contributed by atoms with E-state index in [1.54, 1.807) is 6.92 Å². The molecule has 1 aliphatic rings. The third-order valence-corrected chi connectivity index (χ3v) is 4.08. The van der Waals surface area contributed by atoms with Crippen LogP contribution in [-0.2, 0) is 9.59 Å². The van der Waals surface area contributed by atoms with Crippen LogP contribution < -0.4 is 5.32 Å². The standard InChI is InChI=1S/C13H23NO4/c1-3-12(2,9-15)14-10(16)8-13(11(17)18)6-4-5-7-13/h15H,3-9H2,1-2H3,(H,14,16)(H,17,18). The summed E-state index contributed by atoms with van der Waals surface area (Å²) in [7, 11) is 0. The number of carboxylic acid groups (broad SMARTS) is 1. The molecule has 0 aromatic carbocycles. The monoisotopic (exact) mass is 257 g/mol. The fourth-order valence-corrected chi connectivity index (χ4v) is 2.45. The van der Waals surface area contributed by atoms with Gasteiger partial charge in [0.15, 0.2) is 0 Å². The Morgan fingerprint density at radius 1 is 1.33 bits per heavy atom. The van der Waals surface area contributed by atoms with E-state index < -0.39 is 16.9 Å². The van der Waals surface area contributed by atoms with E-state index in [1.165, 1.54) is 0 Å². The second-order valence-corrected chi connectivity index (χ2v) is 5.59. The second kappa shape index (κ2) is 5.69. The summed E-state index contributed by atoms with van der Waals surface area (Å²) in [6.07, 6.45) is 3.48. The molecule has 0 heterocycles. The van der Waals surface area contributed by atoms with Gasteiger partial charge in [-0.15, -0.1) is 0 Å². The maximum Gasteiger partial charge on any atom is 0.310 e. The van der Waals surface area contributed by atoms with Crippen molar-refractivity contribution in [3.63, 3.8) is 0 Å². The molecule has 0 spiro atoms. The molecular weight excluding hydrogens is 234 g/mol. The number of hydrogen-bond donors (Lipinski definition) is 3. The normalized spacial score (nSPS) is 21.3. The van der Waals surface area contributed by atoms with Gasteiger partial charge in [-0.3, -0.25) is 9.59 Å².